The van der Waals surface area contributed by atoms with Crippen molar-refractivity contribution in [3.05, 3.63) is 12.2 Å². The first-order chi connectivity index (χ1) is 22.7. The molecule has 48 heavy (non-hydrogen) atoms. The van der Waals surface area contributed by atoms with Crippen LogP contribution in [-0.4, -0.2) is 104 Å². The summed E-state index contributed by atoms with van der Waals surface area (Å²) < 4.78 is 44.3. The SMILES string of the molecule is CC(C)(C)OC(=O)N[C@H]1CCCOCC=C[C@@H]2C[C@@]2(C(=O)NS(=O)(=O)C2CC2)NC(=O)[C@@H]2C[C@@H](OC(=O)NC3CCCCC3)CN2C1=O. The van der Waals surface area contributed by atoms with Crippen molar-refractivity contribution in [2.75, 3.05) is 19.8 Å². The molecule has 0 unspecified atom stereocenters. The molecule has 16 heteroatoms. The number of hydrogen-bond acceptors (Lipinski definition) is 10. The maximum Gasteiger partial charge on any atom is 0.408 e. The van der Waals surface area contributed by atoms with Gasteiger partial charge in [-0.3, -0.25) is 19.1 Å². The van der Waals surface area contributed by atoms with Gasteiger partial charge in [-0.2, -0.15) is 0 Å². The largest absolute Gasteiger partial charge is 0.444 e. The van der Waals surface area contributed by atoms with Gasteiger partial charge in [0.1, 0.15) is 29.3 Å². The number of amides is 5. The molecule has 3 aliphatic carbocycles. The fourth-order valence-corrected chi connectivity index (χ4v) is 7.97. The van der Waals surface area contributed by atoms with Gasteiger partial charge in [-0.05, 0) is 65.7 Å². The summed E-state index contributed by atoms with van der Waals surface area (Å²) in [5.74, 6) is -2.64. The Bertz CT molecular complexity index is 1390. The summed E-state index contributed by atoms with van der Waals surface area (Å²) in [5.41, 5.74) is -2.39. The van der Waals surface area contributed by atoms with Gasteiger partial charge in [-0.25, -0.2) is 18.0 Å². The lowest BCUT2D eigenvalue weighted by molar-refractivity contribution is -0.141. The van der Waals surface area contributed by atoms with Gasteiger partial charge in [-0.1, -0.05) is 31.4 Å². The van der Waals surface area contributed by atoms with E-state index in [1.807, 2.05) is 0 Å². The molecule has 15 nitrogen and oxygen atoms in total. The van der Waals surface area contributed by atoms with E-state index < -0.39 is 80.4 Å². The van der Waals surface area contributed by atoms with Crippen molar-refractivity contribution in [1.29, 1.82) is 0 Å². The second kappa shape index (κ2) is 14.6. The van der Waals surface area contributed by atoms with Crippen molar-refractivity contribution in [2.24, 2.45) is 5.92 Å². The maximum atomic E-state index is 14.1. The molecular weight excluding hydrogens is 646 g/mol. The van der Waals surface area contributed by atoms with Crippen LogP contribution in [0.4, 0.5) is 9.59 Å². The Morgan fingerprint density at radius 3 is 2.42 bits per heavy atom. The first kappa shape index (κ1) is 35.9. The standard InChI is InChI=1S/C32H49N5O10S/c1-31(2,3)47-30(42)34-24-12-8-16-45-15-7-9-20-18-32(20,28(40)36-48(43,44)23-13-14-23)35-26(38)25-17-22(19-37(25)27(24)39)46-29(41)33-21-10-5-4-6-11-21/h7,9,20-25H,4-6,8,10-19H2,1-3H3,(H,33,41)(H,34,42)(H,35,38)(H,36,40)/t20-,22-,24+,25+,32-/m1/s1. The van der Waals surface area contributed by atoms with Gasteiger partial charge in [0.25, 0.3) is 5.91 Å². The summed E-state index contributed by atoms with van der Waals surface area (Å²) in [5, 5.41) is 7.64. The molecule has 2 heterocycles. The Labute approximate surface area is 281 Å². The Balaban J connectivity index is 1.38. The van der Waals surface area contributed by atoms with Gasteiger partial charge in [0, 0.05) is 25.0 Å². The van der Waals surface area contributed by atoms with Crippen LogP contribution >= 0.6 is 0 Å². The molecule has 5 atom stereocenters. The molecule has 0 aromatic heterocycles. The third kappa shape index (κ3) is 9.18. The van der Waals surface area contributed by atoms with E-state index in [0.717, 1.165) is 32.1 Å². The van der Waals surface area contributed by atoms with Crippen LogP contribution in [0.5, 0.6) is 0 Å². The highest BCUT2D eigenvalue weighted by molar-refractivity contribution is 7.91. The van der Waals surface area contributed by atoms with E-state index in [0.29, 0.717) is 19.3 Å². The minimum absolute atomic E-state index is 0.0159. The second-order valence-corrected chi connectivity index (χ2v) is 16.5. The van der Waals surface area contributed by atoms with Gasteiger partial charge < -0.3 is 35.1 Å². The zero-order chi connectivity index (χ0) is 34.7. The molecule has 5 aliphatic rings. The van der Waals surface area contributed by atoms with E-state index in [1.165, 1.54) is 4.90 Å². The van der Waals surface area contributed by atoms with Crippen molar-refractivity contribution in [1.82, 2.24) is 25.6 Å². The monoisotopic (exact) mass is 695 g/mol. The van der Waals surface area contributed by atoms with Crippen LogP contribution in [0.25, 0.3) is 0 Å². The van der Waals surface area contributed by atoms with Gasteiger partial charge >= 0.3 is 12.2 Å². The lowest BCUT2D eigenvalue weighted by atomic mass is 9.96. The number of hydrogen-bond donors (Lipinski definition) is 4. The fourth-order valence-electron chi connectivity index (χ4n) is 6.61. The minimum Gasteiger partial charge on any atom is -0.444 e. The van der Waals surface area contributed by atoms with E-state index in [9.17, 15) is 32.4 Å². The van der Waals surface area contributed by atoms with Gasteiger partial charge in [0.15, 0.2) is 0 Å². The molecule has 0 spiro atoms. The molecule has 0 aromatic carbocycles. The molecule has 5 amide bonds. The predicted octanol–water partition coefficient (Wildman–Crippen LogP) is 1.76. The van der Waals surface area contributed by atoms with Crippen LogP contribution in [0.1, 0.15) is 91.4 Å². The van der Waals surface area contributed by atoms with Gasteiger partial charge in [0.2, 0.25) is 21.8 Å². The lowest BCUT2D eigenvalue weighted by Crippen LogP contribution is -2.58. The Hall–Kier alpha value is -3.40. The number of fused-ring (bicyclic) bond motifs is 2. The number of carbonyl (C=O) groups is 5. The molecule has 4 N–H and O–H groups in total. The number of nitrogens with zero attached hydrogens (tertiary/aromatic N) is 1. The van der Waals surface area contributed by atoms with Crippen LogP contribution in [-0.2, 0) is 38.6 Å². The Kier molecular flexibility index (Phi) is 10.9. The van der Waals surface area contributed by atoms with Crippen LogP contribution in [0, 0.1) is 5.92 Å². The molecule has 268 valence electrons. The molecule has 0 aromatic rings. The van der Waals surface area contributed by atoms with Gasteiger partial charge in [-0.15, -0.1) is 0 Å². The Morgan fingerprint density at radius 2 is 1.73 bits per heavy atom. The van der Waals surface area contributed by atoms with Crippen molar-refractivity contribution in [3.8, 4) is 0 Å². The minimum atomic E-state index is -3.90. The summed E-state index contributed by atoms with van der Waals surface area (Å²) in [6.45, 7) is 5.41. The highest BCUT2D eigenvalue weighted by atomic mass is 32.2. The molecule has 3 saturated carbocycles. The summed E-state index contributed by atoms with van der Waals surface area (Å²) >= 11 is 0. The van der Waals surface area contributed by atoms with Crippen LogP contribution in [0.3, 0.4) is 0 Å². The van der Waals surface area contributed by atoms with E-state index in [-0.39, 0.29) is 45.1 Å². The number of rotatable bonds is 6. The quantitative estimate of drug-likeness (QED) is 0.297. The maximum absolute atomic E-state index is 14.1. The van der Waals surface area contributed by atoms with Crippen molar-refractivity contribution in [2.45, 2.75) is 132 Å². The summed E-state index contributed by atoms with van der Waals surface area (Å²) in [7, 11) is -3.90. The van der Waals surface area contributed by atoms with E-state index in [1.54, 1.807) is 32.9 Å². The lowest BCUT2D eigenvalue weighted by Gasteiger charge is -2.30. The first-order valence-electron chi connectivity index (χ1n) is 17.1. The number of sulfonamides is 1. The van der Waals surface area contributed by atoms with E-state index >= 15 is 0 Å². The summed E-state index contributed by atoms with van der Waals surface area (Å²) in [6, 6.07) is -2.29. The third-order valence-electron chi connectivity index (χ3n) is 9.37. The molecular formula is C32H49N5O10S. The van der Waals surface area contributed by atoms with Crippen molar-refractivity contribution in [3.63, 3.8) is 0 Å². The predicted molar refractivity (Wildman–Crippen MR) is 172 cm³/mol. The molecule has 5 rings (SSSR count). The third-order valence-corrected chi connectivity index (χ3v) is 11.2. The fraction of sp³-hybridized carbons (Fsp3) is 0.781. The van der Waals surface area contributed by atoms with E-state index in [4.69, 9.17) is 14.2 Å². The Morgan fingerprint density at radius 1 is 1.00 bits per heavy atom. The normalized spacial score (nSPS) is 30.4. The molecule has 0 bridgehead atoms. The van der Waals surface area contributed by atoms with Gasteiger partial charge in [0.05, 0.1) is 18.4 Å². The van der Waals surface area contributed by atoms with Crippen LogP contribution in [0.2, 0.25) is 0 Å². The van der Waals surface area contributed by atoms with Crippen molar-refractivity contribution < 1.29 is 46.6 Å². The number of alkyl carbamates (subject to hydrolysis) is 2. The molecule has 4 fully saturated rings. The zero-order valence-corrected chi connectivity index (χ0v) is 28.8. The number of ether oxygens (including phenoxy) is 3. The smallest absolute Gasteiger partial charge is 0.408 e. The second-order valence-electron chi connectivity index (χ2n) is 14.5. The van der Waals surface area contributed by atoms with Crippen molar-refractivity contribution >= 4 is 39.9 Å². The van der Waals surface area contributed by atoms with Crippen LogP contribution < -0.4 is 20.7 Å². The summed E-state index contributed by atoms with van der Waals surface area (Å²) in [6.07, 6.45) is 7.48. The summed E-state index contributed by atoms with van der Waals surface area (Å²) in [4.78, 5) is 68.6. The van der Waals surface area contributed by atoms with E-state index in [2.05, 4.69) is 20.7 Å². The zero-order valence-electron chi connectivity index (χ0n) is 28.0. The topological polar surface area (TPSA) is 199 Å². The highest BCUT2D eigenvalue weighted by Gasteiger charge is 2.62. The highest BCUT2D eigenvalue weighted by Crippen LogP contribution is 2.46. The number of nitrogens with one attached hydrogen (secondary N) is 4. The average molecular weight is 696 g/mol. The van der Waals surface area contributed by atoms with Crippen LogP contribution in [0.15, 0.2) is 12.2 Å². The molecule has 1 saturated heterocycles. The number of carbonyl (C=O) groups excluding carboxylic acids is 5. The molecule has 2 aliphatic heterocycles. The average Bonchev–Trinajstić information content (AvgIpc) is 3.92. The molecule has 0 radical (unpaired) electrons. The first-order valence-corrected chi connectivity index (χ1v) is 18.6.